The first kappa shape index (κ1) is 15.3. The Kier molecular flexibility index (Phi) is 5.11. The van der Waals surface area contributed by atoms with Crippen LogP contribution in [0, 0.1) is 0 Å². The number of nitrogens with zero attached hydrogens (tertiary/aromatic N) is 1. The zero-order valence-electron chi connectivity index (χ0n) is 12.1. The van der Waals surface area contributed by atoms with Gasteiger partial charge in [-0.1, -0.05) is 36.4 Å². The molecule has 1 atom stereocenters. The molecule has 1 aromatic carbocycles. The van der Waals surface area contributed by atoms with Gasteiger partial charge in [-0.05, 0) is 18.9 Å². The molecule has 0 saturated heterocycles. The third kappa shape index (κ3) is 4.43. The number of carbonyl (C=O) groups is 2. The summed E-state index contributed by atoms with van der Waals surface area (Å²) in [4.78, 5) is 24.9. The van der Waals surface area contributed by atoms with Gasteiger partial charge in [0.1, 0.15) is 0 Å². The first-order valence-electron chi connectivity index (χ1n) is 7.05. The van der Waals surface area contributed by atoms with E-state index in [9.17, 15) is 9.59 Å². The smallest absolute Gasteiger partial charge is 0.332 e. The van der Waals surface area contributed by atoms with Crippen molar-refractivity contribution in [2.75, 3.05) is 19.6 Å². The molecule has 0 fully saturated rings. The first-order chi connectivity index (χ1) is 10.1. The Morgan fingerprint density at radius 1 is 1.33 bits per heavy atom. The molecule has 1 amide bonds. The molecule has 112 valence electrons. The molecule has 1 heterocycles. The number of aliphatic carboxylic acids is 1. The van der Waals surface area contributed by atoms with E-state index < -0.39 is 5.97 Å². The highest BCUT2D eigenvalue weighted by Crippen LogP contribution is 2.12. The summed E-state index contributed by atoms with van der Waals surface area (Å²) >= 11 is 0. The lowest BCUT2D eigenvalue weighted by Crippen LogP contribution is -2.41. The van der Waals surface area contributed by atoms with Gasteiger partial charge in [-0.3, -0.25) is 9.69 Å². The minimum Gasteiger partial charge on any atom is -0.478 e. The number of benzene rings is 1. The third-order valence-corrected chi connectivity index (χ3v) is 3.55. The average Bonchev–Trinajstić information content (AvgIpc) is 2.48. The van der Waals surface area contributed by atoms with Crippen LogP contribution < -0.4 is 5.32 Å². The summed E-state index contributed by atoms with van der Waals surface area (Å²) in [5, 5.41) is 11.9. The van der Waals surface area contributed by atoms with Crippen LogP contribution in [0.15, 0.2) is 42.0 Å². The lowest BCUT2D eigenvalue weighted by molar-refractivity contribution is -0.133. The largest absolute Gasteiger partial charge is 0.478 e. The third-order valence-electron chi connectivity index (χ3n) is 3.55. The minimum absolute atomic E-state index is 0.0574. The van der Waals surface area contributed by atoms with E-state index in [2.05, 4.69) is 5.32 Å². The summed E-state index contributed by atoms with van der Waals surface area (Å²) in [5.74, 6) is -0.990. The number of hydrogen-bond donors (Lipinski definition) is 2. The highest BCUT2D eigenvalue weighted by atomic mass is 16.4. The number of rotatable bonds is 5. The van der Waals surface area contributed by atoms with Crippen molar-refractivity contribution in [1.29, 1.82) is 0 Å². The second-order valence-corrected chi connectivity index (χ2v) is 5.23. The van der Waals surface area contributed by atoms with Gasteiger partial charge < -0.3 is 10.4 Å². The Hall–Kier alpha value is -2.14. The number of carboxylic acids is 1. The van der Waals surface area contributed by atoms with Gasteiger partial charge in [-0.2, -0.15) is 0 Å². The van der Waals surface area contributed by atoms with Crippen molar-refractivity contribution in [2.45, 2.75) is 19.4 Å². The molecule has 1 unspecified atom stereocenters. The maximum absolute atomic E-state index is 12.1. The Morgan fingerprint density at radius 3 is 2.71 bits per heavy atom. The highest BCUT2D eigenvalue weighted by Gasteiger charge is 2.20. The van der Waals surface area contributed by atoms with Gasteiger partial charge in [0.05, 0.1) is 12.6 Å². The van der Waals surface area contributed by atoms with E-state index in [-0.39, 0.29) is 18.5 Å². The summed E-state index contributed by atoms with van der Waals surface area (Å²) in [6.07, 6.45) is 2.40. The monoisotopic (exact) mass is 288 g/mol. The molecule has 0 spiro atoms. The molecule has 2 N–H and O–H groups in total. The standard InChI is InChI=1S/C16H20N2O3/c1-12(13-6-3-2-4-7-13)17-15(19)11-18-9-5-8-14(10-18)16(20)21/h2-4,6-8,12H,5,9-11H2,1H3,(H,17,19)(H,20,21). The van der Waals surface area contributed by atoms with E-state index in [1.807, 2.05) is 42.2 Å². The van der Waals surface area contributed by atoms with Crippen molar-refractivity contribution < 1.29 is 14.7 Å². The molecule has 21 heavy (non-hydrogen) atoms. The number of carbonyl (C=O) groups excluding carboxylic acids is 1. The van der Waals surface area contributed by atoms with Crippen LogP contribution in [0.25, 0.3) is 0 Å². The fourth-order valence-corrected chi connectivity index (χ4v) is 2.41. The normalized spacial score (nSPS) is 16.9. The zero-order valence-corrected chi connectivity index (χ0v) is 12.1. The van der Waals surface area contributed by atoms with E-state index in [1.165, 1.54) is 0 Å². The summed E-state index contributed by atoms with van der Waals surface area (Å²) in [5.41, 5.74) is 1.42. The van der Waals surface area contributed by atoms with Gasteiger partial charge in [0.15, 0.2) is 0 Å². The zero-order chi connectivity index (χ0) is 15.2. The van der Waals surface area contributed by atoms with Gasteiger partial charge in [0, 0.05) is 18.7 Å². The molecule has 2 rings (SSSR count). The summed E-state index contributed by atoms with van der Waals surface area (Å²) < 4.78 is 0. The van der Waals surface area contributed by atoms with E-state index in [1.54, 1.807) is 6.08 Å². The van der Waals surface area contributed by atoms with E-state index in [0.717, 1.165) is 5.56 Å². The van der Waals surface area contributed by atoms with Crippen LogP contribution in [0.5, 0.6) is 0 Å². The SMILES string of the molecule is CC(NC(=O)CN1CCC=C(C(=O)O)C1)c1ccccc1. The van der Waals surface area contributed by atoms with Crippen molar-refractivity contribution >= 4 is 11.9 Å². The first-order valence-corrected chi connectivity index (χ1v) is 7.05. The number of amides is 1. The van der Waals surface area contributed by atoms with Gasteiger partial charge in [-0.15, -0.1) is 0 Å². The lowest BCUT2D eigenvalue weighted by Gasteiger charge is -2.25. The summed E-state index contributed by atoms with van der Waals surface area (Å²) in [6.45, 7) is 3.19. The van der Waals surface area contributed by atoms with Crippen LogP contribution in [0.3, 0.4) is 0 Å². The predicted molar refractivity (Wildman–Crippen MR) is 79.8 cm³/mol. The second kappa shape index (κ2) is 7.04. The molecule has 1 aromatic rings. The Morgan fingerprint density at radius 2 is 2.05 bits per heavy atom. The van der Waals surface area contributed by atoms with Crippen LogP contribution in [-0.2, 0) is 9.59 Å². The molecule has 5 nitrogen and oxygen atoms in total. The van der Waals surface area contributed by atoms with Crippen LogP contribution in [-0.4, -0.2) is 41.5 Å². The maximum atomic E-state index is 12.1. The van der Waals surface area contributed by atoms with Gasteiger partial charge in [0.2, 0.25) is 5.91 Å². The Balaban J connectivity index is 1.85. The molecule has 0 bridgehead atoms. The van der Waals surface area contributed by atoms with Gasteiger partial charge in [0.25, 0.3) is 0 Å². The highest BCUT2D eigenvalue weighted by molar-refractivity contribution is 5.87. The molecule has 0 aromatic heterocycles. The van der Waals surface area contributed by atoms with Crippen molar-refractivity contribution in [3.63, 3.8) is 0 Å². The van der Waals surface area contributed by atoms with Crippen molar-refractivity contribution in [2.24, 2.45) is 0 Å². The van der Waals surface area contributed by atoms with Crippen molar-refractivity contribution in [3.8, 4) is 0 Å². The van der Waals surface area contributed by atoms with E-state index >= 15 is 0 Å². The molecule has 0 saturated carbocycles. The minimum atomic E-state index is -0.905. The van der Waals surface area contributed by atoms with Crippen LogP contribution >= 0.6 is 0 Å². The molecule has 5 heteroatoms. The number of carboxylic acid groups (broad SMARTS) is 1. The predicted octanol–water partition coefficient (Wildman–Crippen LogP) is 1.58. The topological polar surface area (TPSA) is 69.6 Å². The molecular weight excluding hydrogens is 268 g/mol. The molecule has 0 radical (unpaired) electrons. The summed E-state index contributed by atoms with van der Waals surface area (Å²) in [6, 6.07) is 9.69. The number of hydrogen-bond acceptors (Lipinski definition) is 3. The quantitative estimate of drug-likeness (QED) is 0.863. The van der Waals surface area contributed by atoms with E-state index in [0.29, 0.717) is 25.1 Å². The summed E-state index contributed by atoms with van der Waals surface area (Å²) in [7, 11) is 0. The number of nitrogens with one attached hydrogen (secondary N) is 1. The van der Waals surface area contributed by atoms with Crippen LogP contribution in [0.2, 0.25) is 0 Å². The van der Waals surface area contributed by atoms with Crippen LogP contribution in [0.4, 0.5) is 0 Å². The maximum Gasteiger partial charge on any atom is 0.332 e. The Bertz CT molecular complexity index is 540. The van der Waals surface area contributed by atoms with Crippen molar-refractivity contribution in [1.82, 2.24) is 10.2 Å². The average molecular weight is 288 g/mol. The molecular formula is C16H20N2O3. The Labute approximate surface area is 124 Å². The molecule has 1 aliphatic heterocycles. The fourth-order valence-electron chi connectivity index (χ4n) is 2.41. The van der Waals surface area contributed by atoms with Gasteiger partial charge >= 0.3 is 5.97 Å². The van der Waals surface area contributed by atoms with Crippen LogP contribution in [0.1, 0.15) is 24.9 Å². The van der Waals surface area contributed by atoms with Gasteiger partial charge in [-0.25, -0.2) is 4.79 Å². The fraction of sp³-hybridized carbons (Fsp3) is 0.375. The van der Waals surface area contributed by atoms with E-state index in [4.69, 9.17) is 5.11 Å². The second-order valence-electron chi connectivity index (χ2n) is 5.23. The molecule has 1 aliphatic rings. The molecule has 0 aliphatic carbocycles. The van der Waals surface area contributed by atoms with Crippen molar-refractivity contribution in [3.05, 3.63) is 47.5 Å². The lowest BCUT2D eigenvalue weighted by atomic mass is 10.1.